The molecular formula is C28H32Cl2N8O2. The number of rotatable bonds is 10. The van der Waals surface area contributed by atoms with Gasteiger partial charge in [-0.05, 0) is 63.7 Å². The minimum absolute atomic E-state index is 0.0477. The number of benzene rings is 2. The molecule has 3 N–H and O–H groups in total. The fourth-order valence-corrected chi connectivity index (χ4v) is 5.25. The third-order valence-corrected chi connectivity index (χ3v) is 7.54. The first-order valence-electron chi connectivity index (χ1n) is 13.3. The SMILES string of the molecule is CN(C)CCNC(=O)CCC(Nc1ncnc2cc(C(=O)N3CCCC3)c(Cl)cc12)c1nc2ccc(Cl)cc2[nH]1. The monoisotopic (exact) mass is 582 g/mol. The Morgan fingerprint density at radius 1 is 1.10 bits per heavy atom. The van der Waals surface area contributed by atoms with Crippen molar-refractivity contribution in [1.29, 1.82) is 0 Å². The summed E-state index contributed by atoms with van der Waals surface area (Å²) in [7, 11) is 3.92. The molecule has 1 atom stereocenters. The van der Waals surface area contributed by atoms with Crippen LogP contribution in [0.2, 0.25) is 10.0 Å². The van der Waals surface area contributed by atoms with E-state index in [1.54, 1.807) is 18.2 Å². The van der Waals surface area contributed by atoms with Crippen LogP contribution in [0.1, 0.15) is 47.9 Å². The number of likely N-dealkylation sites (N-methyl/N-ethyl adjacent to an activating group) is 1. The van der Waals surface area contributed by atoms with Crippen LogP contribution in [-0.2, 0) is 4.79 Å². The molecule has 2 amide bonds. The summed E-state index contributed by atoms with van der Waals surface area (Å²) in [5.74, 6) is 1.05. The van der Waals surface area contributed by atoms with E-state index in [-0.39, 0.29) is 24.3 Å². The number of likely N-dealkylation sites (tertiary alicyclic amines) is 1. The predicted molar refractivity (Wildman–Crippen MR) is 158 cm³/mol. The zero-order valence-electron chi connectivity index (χ0n) is 22.5. The van der Waals surface area contributed by atoms with Gasteiger partial charge in [-0.1, -0.05) is 23.2 Å². The maximum atomic E-state index is 13.0. The number of nitrogens with one attached hydrogen (secondary N) is 3. The third kappa shape index (κ3) is 6.46. The lowest BCUT2D eigenvalue weighted by molar-refractivity contribution is -0.121. The molecule has 1 unspecified atom stereocenters. The number of anilines is 1. The van der Waals surface area contributed by atoms with Crippen molar-refractivity contribution in [1.82, 2.24) is 35.1 Å². The number of aromatic amines is 1. The maximum Gasteiger partial charge on any atom is 0.255 e. The van der Waals surface area contributed by atoms with Gasteiger partial charge in [0.15, 0.2) is 0 Å². The summed E-state index contributed by atoms with van der Waals surface area (Å²) < 4.78 is 0. The van der Waals surface area contributed by atoms with Gasteiger partial charge in [-0.2, -0.15) is 0 Å². The molecule has 4 aromatic rings. The summed E-state index contributed by atoms with van der Waals surface area (Å²) in [4.78, 5) is 46.5. The third-order valence-electron chi connectivity index (χ3n) is 6.99. The molecule has 2 aromatic carbocycles. The number of H-pyrrole nitrogens is 1. The average molecular weight is 584 g/mol. The van der Waals surface area contributed by atoms with Crippen molar-refractivity contribution in [3.05, 3.63) is 58.1 Å². The second kappa shape index (κ2) is 12.4. The van der Waals surface area contributed by atoms with Crippen LogP contribution in [0.4, 0.5) is 5.82 Å². The Morgan fingerprint density at radius 2 is 1.90 bits per heavy atom. The Morgan fingerprint density at radius 3 is 2.67 bits per heavy atom. The van der Waals surface area contributed by atoms with Crippen LogP contribution in [0, 0.1) is 0 Å². The molecule has 1 saturated heterocycles. The van der Waals surface area contributed by atoms with Crippen molar-refractivity contribution in [3.8, 4) is 0 Å². The molecule has 5 rings (SSSR count). The highest BCUT2D eigenvalue weighted by atomic mass is 35.5. The van der Waals surface area contributed by atoms with Gasteiger partial charge < -0.3 is 25.4 Å². The van der Waals surface area contributed by atoms with Crippen LogP contribution >= 0.6 is 23.2 Å². The molecule has 10 nitrogen and oxygen atoms in total. The van der Waals surface area contributed by atoms with Crippen LogP contribution in [0.5, 0.6) is 0 Å². The fourth-order valence-electron chi connectivity index (χ4n) is 4.84. The topological polar surface area (TPSA) is 119 Å². The maximum absolute atomic E-state index is 13.0. The van der Waals surface area contributed by atoms with Crippen molar-refractivity contribution in [2.45, 2.75) is 31.7 Å². The molecule has 0 saturated carbocycles. The van der Waals surface area contributed by atoms with E-state index >= 15 is 0 Å². The molecule has 0 radical (unpaired) electrons. The number of hydrogen-bond donors (Lipinski definition) is 3. The van der Waals surface area contributed by atoms with Crippen LogP contribution in [0.3, 0.4) is 0 Å². The van der Waals surface area contributed by atoms with Crippen molar-refractivity contribution in [2.24, 2.45) is 0 Å². The van der Waals surface area contributed by atoms with Gasteiger partial charge in [0.2, 0.25) is 5.91 Å². The number of nitrogens with zero attached hydrogens (tertiary/aromatic N) is 5. The number of carbonyl (C=O) groups is 2. The van der Waals surface area contributed by atoms with Crippen molar-refractivity contribution >= 4 is 62.8 Å². The highest BCUT2D eigenvalue weighted by Gasteiger charge is 2.24. The van der Waals surface area contributed by atoms with E-state index in [9.17, 15) is 9.59 Å². The van der Waals surface area contributed by atoms with E-state index in [4.69, 9.17) is 28.2 Å². The predicted octanol–water partition coefficient (Wildman–Crippen LogP) is 4.66. The molecule has 210 valence electrons. The fraction of sp³-hybridized carbons (Fsp3) is 0.393. The molecule has 0 spiro atoms. The van der Waals surface area contributed by atoms with Crippen LogP contribution < -0.4 is 10.6 Å². The number of carbonyl (C=O) groups excluding carboxylic acids is 2. The number of imidazole rings is 1. The molecule has 0 bridgehead atoms. The molecule has 2 aromatic heterocycles. The van der Waals surface area contributed by atoms with Gasteiger partial charge >= 0.3 is 0 Å². The molecule has 12 heteroatoms. The van der Waals surface area contributed by atoms with Gasteiger partial charge in [-0.3, -0.25) is 9.59 Å². The van der Waals surface area contributed by atoms with Crippen LogP contribution in [0.25, 0.3) is 21.9 Å². The largest absolute Gasteiger partial charge is 0.359 e. The summed E-state index contributed by atoms with van der Waals surface area (Å²) in [5, 5.41) is 8.03. The van der Waals surface area contributed by atoms with E-state index in [1.807, 2.05) is 36.0 Å². The summed E-state index contributed by atoms with van der Waals surface area (Å²) in [6.07, 6.45) is 4.17. The summed E-state index contributed by atoms with van der Waals surface area (Å²) in [6.45, 7) is 2.79. The molecule has 1 aliphatic rings. The Bertz CT molecular complexity index is 1530. The summed E-state index contributed by atoms with van der Waals surface area (Å²) >= 11 is 12.8. The van der Waals surface area contributed by atoms with Crippen LogP contribution in [0.15, 0.2) is 36.7 Å². The zero-order valence-corrected chi connectivity index (χ0v) is 24.0. The molecular weight excluding hydrogens is 551 g/mol. The normalized spacial score (nSPS) is 14.3. The Hall–Kier alpha value is -3.47. The van der Waals surface area contributed by atoms with E-state index in [1.165, 1.54) is 6.33 Å². The van der Waals surface area contributed by atoms with Gasteiger partial charge in [-0.15, -0.1) is 0 Å². The molecule has 1 aliphatic heterocycles. The molecule has 3 heterocycles. The standard InChI is InChI=1S/C28H32Cl2N8O2/c1-37(2)12-9-31-25(39)8-7-22(27-34-21-6-5-17(29)13-24(21)36-27)35-26-19-14-20(30)18(15-23(19)32-16-33-26)28(40)38-10-3-4-11-38/h5-6,13-16,22H,3-4,7-12H2,1-2H3,(H,31,39)(H,34,36)(H,32,33,35). The number of hydrogen-bond acceptors (Lipinski definition) is 7. The van der Waals surface area contributed by atoms with Crippen LogP contribution in [-0.4, -0.2) is 81.8 Å². The number of halogens is 2. The highest BCUT2D eigenvalue weighted by Crippen LogP contribution is 2.31. The molecule has 40 heavy (non-hydrogen) atoms. The smallest absolute Gasteiger partial charge is 0.255 e. The number of amides is 2. The lowest BCUT2D eigenvalue weighted by atomic mass is 10.1. The van der Waals surface area contributed by atoms with Crippen molar-refractivity contribution in [3.63, 3.8) is 0 Å². The number of aromatic nitrogens is 4. The highest BCUT2D eigenvalue weighted by molar-refractivity contribution is 6.35. The lowest BCUT2D eigenvalue weighted by Crippen LogP contribution is -2.31. The first kappa shape index (κ1) is 28.1. The van der Waals surface area contributed by atoms with Crippen molar-refractivity contribution < 1.29 is 9.59 Å². The number of fused-ring (bicyclic) bond motifs is 2. The molecule has 1 fully saturated rings. The quantitative estimate of drug-likeness (QED) is 0.249. The Balaban J connectivity index is 1.43. The summed E-state index contributed by atoms with van der Waals surface area (Å²) in [5.41, 5.74) is 2.59. The average Bonchev–Trinajstić information content (AvgIpc) is 3.60. The second-order valence-electron chi connectivity index (χ2n) is 10.2. The van der Waals surface area contributed by atoms with Gasteiger partial charge in [0.05, 0.1) is 33.2 Å². The minimum atomic E-state index is -0.381. The van der Waals surface area contributed by atoms with Crippen molar-refractivity contribution in [2.75, 3.05) is 45.6 Å². The van der Waals surface area contributed by atoms with E-state index in [0.717, 1.165) is 43.5 Å². The first-order valence-corrected chi connectivity index (χ1v) is 14.1. The molecule has 0 aliphatic carbocycles. The zero-order chi connectivity index (χ0) is 28.2. The summed E-state index contributed by atoms with van der Waals surface area (Å²) in [6, 6.07) is 8.52. The second-order valence-corrected chi connectivity index (χ2v) is 11.1. The lowest BCUT2D eigenvalue weighted by Gasteiger charge is -2.19. The van der Waals surface area contributed by atoms with Gasteiger partial charge in [0.25, 0.3) is 5.91 Å². The van der Waals surface area contributed by atoms with E-state index in [2.05, 4.69) is 25.6 Å². The van der Waals surface area contributed by atoms with Gasteiger partial charge in [0.1, 0.15) is 18.0 Å². The van der Waals surface area contributed by atoms with Gasteiger partial charge in [0, 0.05) is 43.0 Å². The Labute approximate surface area is 242 Å². The van der Waals surface area contributed by atoms with E-state index in [0.29, 0.717) is 51.1 Å². The minimum Gasteiger partial charge on any atom is -0.359 e. The van der Waals surface area contributed by atoms with E-state index < -0.39 is 0 Å². The first-order chi connectivity index (χ1) is 19.3. The van der Waals surface area contributed by atoms with Gasteiger partial charge in [-0.25, -0.2) is 15.0 Å². The Kier molecular flexibility index (Phi) is 8.68.